The van der Waals surface area contributed by atoms with E-state index in [0.717, 1.165) is 0 Å². The van der Waals surface area contributed by atoms with Crippen LogP contribution in [0.4, 0.5) is 0 Å². The molecule has 1 heterocycles. The average Bonchev–Trinajstić information content (AvgIpc) is 2.49. The summed E-state index contributed by atoms with van der Waals surface area (Å²) < 4.78 is 0. The molecule has 1 aromatic carbocycles. The van der Waals surface area contributed by atoms with Gasteiger partial charge in [-0.15, -0.1) is 12.4 Å². The number of phenols is 1. The van der Waals surface area contributed by atoms with Crippen LogP contribution < -0.4 is 0 Å². The molecular formula is C17H26ClNO. The summed E-state index contributed by atoms with van der Waals surface area (Å²) in [7, 11) is 0. The number of nitrogens with zero attached hydrogens (tertiary/aromatic N) is 1. The molecule has 112 valence electrons. The molecule has 0 aromatic heterocycles. The van der Waals surface area contributed by atoms with Crippen LogP contribution in [0, 0.1) is 0 Å². The summed E-state index contributed by atoms with van der Waals surface area (Å²) in [5.41, 5.74) is 1.68. The smallest absolute Gasteiger partial charge is 0.115 e. The molecular weight excluding hydrogens is 270 g/mol. The van der Waals surface area contributed by atoms with E-state index in [9.17, 15) is 5.11 Å². The second-order valence-corrected chi connectivity index (χ2v) is 6.19. The molecule has 1 saturated carbocycles. The Labute approximate surface area is 128 Å². The molecule has 0 amide bonds. The minimum absolute atomic E-state index is 0. The molecule has 0 radical (unpaired) electrons. The molecule has 3 rings (SSSR count). The fourth-order valence-corrected chi connectivity index (χ4v) is 4.02. The van der Waals surface area contributed by atoms with Crippen LogP contribution in [0.1, 0.15) is 56.9 Å². The number of phenolic OH excluding ortho intramolecular Hbond substituents is 1. The normalized spacial score (nSPS) is 23.0. The lowest BCUT2D eigenvalue weighted by atomic mass is 9.74. The molecule has 2 aliphatic rings. The first kappa shape index (κ1) is 15.7. The van der Waals surface area contributed by atoms with Gasteiger partial charge in [0, 0.05) is 5.54 Å². The van der Waals surface area contributed by atoms with E-state index in [1.165, 1.54) is 70.0 Å². The van der Waals surface area contributed by atoms with Crippen molar-refractivity contribution in [3.8, 4) is 5.75 Å². The predicted molar refractivity (Wildman–Crippen MR) is 85.5 cm³/mol. The van der Waals surface area contributed by atoms with Crippen LogP contribution in [-0.2, 0) is 5.54 Å². The lowest BCUT2D eigenvalue weighted by Crippen LogP contribution is -2.49. The molecule has 0 unspecified atom stereocenters. The van der Waals surface area contributed by atoms with Gasteiger partial charge in [-0.1, -0.05) is 37.8 Å². The quantitative estimate of drug-likeness (QED) is 0.871. The fourth-order valence-electron chi connectivity index (χ4n) is 4.02. The Morgan fingerprint density at radius 3 is 1.95 bits per heavy atom. The Hall–Kier alpha value is -0.730. The van der Waals surface area contributed by atoms with E-state index in [1.807, 2.05) is 12.1 Å². The van der Waals surface area contributed by atoms with Crippen molar-refractivity contribution in [2.75, 3.05) is 13.1 Å². The van der Waals surface area contributed by atoms with Gasteiger partial charge < -0.3 is 5.11 Å². The maximum absolute atomic E-state index is 9.54. The number of piperidine rings is 1. The van der Waals surface area contributed by atoms with Crippen LogP contribution in [0.5, 0.6) is 5.75 Å². The van der Waals surface area contributed by atoms with Crippen molar-refractivity contribution in [1.29, 1.82) is 0 Å². The lowest BCUT2D eigenvalue weighted by Gasteiger charge is -2.48. The Bertz CT molecular complexity index is 406. The molecule has 1 aliphatic heterocycles. The zero-order chi connectivity index (χ0) is 13.1. The molecule has 1 saturated heterocycles. The first-order valence-electron chi connectivity index (χ1n) is 7.86. The third-order valence-electron chi connectivity index (χ3n) is 5.05. The van der Waals surface area contributed by atoms with Crippen molar-refractivity contribution >= 4 is 12.4 Å². The SMILES string of the molecule is Cl.Oc1ccc(C2(N3CCCCC3)CCCCC2)cc1. The summed E-state index contributed by atoms with van der Waals surface area (Å²) in [6.07, 6.45) is 10.7. The van der Waals surface area contributed by atoms with E-state index >= 15 is 0 Å². The van der Waals surface area contributed by atoms with Crippen LogP contribution in [0.3, 0.4) is 0 Å². The number of aromatic hydroxyl groups is 1. The van der Waals surface area contributed by atoms with Crippen molar-refractivity contribution in [2.24, 2.45) is 0 Å². The summed E-state index contributed by atoms with van der Waals surface area (Å²) >= 11 is 0. The first-order valence-corrected chi connectivity index (χ1v) is 7.86. The highest BCUT2D eigenvalue weighted by atomic mass is 35.5. The zero-order valence-corrected chi connectivity index (χ0v) is 13.0. The van der Waals surface area contributed by atoms with Gasteiger partial charge in [0.15, 0.2) is 0 Å². The van der Waals surface area contributed by atoms with E-state index in [4.69, 9.17) is 0 Å². The van der Waals surface area contributed by atoms with Gasteiger partial charge >= 0.3 is 0 Å². The molecule has 3 heteroatoms. The molecule has 2 fully saturated rings. The molecule has 20 heavy (non-hydrogen) atoms. The number of halogens is 1. The Morgan fingerprint density at radius 1 is 0.800 bits per heavy atom. The maximum atomic E-state index is 9.54. The van der Waals surface area contributed by atoms with Gasteiger partial charge in [-0.05, 0) is 56.5 Å². The second kappa shape index (κ2) is 6.82. The lowest BCUT2D eigenvalue weighted by molar-refractivity contribution is 0.0303. The average molecular weight is 296 g/mol. The van der Waals surface area contributed by atoms with E-state index < -0.39 is 0 Å². The third kappa shape index (κ3) is 2.96. The number of hydrogen-bond donors (Lipinski definition) is 1. The third-order valence-corrected chi connectivity index (χ3v) is 5.05. The summed E-state index contributed by atoms with van der Waals surface area (Å²) in [4.78, 5) is 2.74. The number of benzene rings is 1. The van der Waals surface area contributed by atoms with Crippen LogP contribution in [0.25, 0.3) is 0 Å². The highest BCUT2D eigenvalue weighted by Gasteiger charge is 2.39. The highest BCUT2D eigenvalue weighted by Crippen LogP contribution is 2.43. The maximum Gasteiger partial charge on any atom is 0.115 e. The van der Waals surface area contributed by atoms with Crippen LogP contribution in [0.2, 0.25) is 0 Å². The van der Waals surface area contributed by atoms with Gasteiger partial charge in [-0.2, -0.15) is 0 Å². The van der Waals surface area contributed by atoms with Gasteiger partial charge in [0.2, 0.25) is 0 Å². The van der Waals surface area contributed by atoms with Gasteiger partial charge in [-0.25, -0.2) is 0 Å². The summed E-state index contributed by atoms with van der Waals surface area (Å²) in [6, 6.07) is 8.01. The molecule has 1 aliphatic carbocycles. The molecule has 0 spiro atoms. The Balaban J connectivity index is 0.00000147. The monoisotopic (exact) mass is 295 g/mol. The van der Waals surface area contributed by atoms with Crippen molar-refractivity contribution in [3.05, 3.63) is 29.8 Å². The minimum Gasteiger partial charge on any atom is -0.508 e. The number of likely N-dealkylation sites (tertiary alicyclic amines) is 1. The summed E-state index contributed by atoms with van der Waals surface area (Å²) in [5.74, 6) is 0.383. The van der Waals surface area contributed by atoms with Gasteiger partial charge in [0.1, 0.15) is 5.75 Å². The number of hydrogen-bond acceptors (Lipinski definition) is 2. The molecule has 0 bridgehead atoms. The zero-order valence-electron chi connectivity index (χ0n) is 12.2. The molecule has 2 nitrogen and oxygen atoms in total. The first-order chi connectivity index (χ1) is 9.31. The Kier molecular flexibility index (Phi) is 5.34. The van der Waals surface area contributed by atoms with Gasteiger partial charge in [0.05, 0.1) is 0 Å². The van der Waals surface area contributed by atoms with E-state index in [1.54, 1.807) is 0 Å². The van der Waals surface area contributed by atoms with Crippen molar-refractivity contribution in [3.63, 3.8) is 0 Å². The van der Waals surface area contributed by atoms with Gasteiger partial charge in [0.25, 0.3) is 0 Å². The second-order valence-electron chi connectivity index (χ2n) is 6.19. The Morgan fingerprint density at radius 2 is 1.35 bits per heavy atom. The van der Waals surface area contributed by atoms with Crippen molar-refractivity contribution < 1.29 is 5.11 Å². The number of rotatable bonds is 2. The minimum atomic E-state index is 0. The molecule has 0 atom stereocenters. The summed E-state index contributed by atoms with van der Waals surface area (Å²) in [6.45, 7) is 2.50. The molecule has 1 aromatic rings. The van der Waals surface area contributed by atoms with Gasteiger partial charge in [-0.3, -0.25) is 4.90 Å². The van der Waals surface area contributed by atoms with E-state index in [2.05, 4.69) is 17.0 Å². The summed E-state index contributed by atoms with van der Waals surface area (Å²) in [5, 5.41) is 9.54. The van der Waals surface area contributed by atoms with Crippen molar-refractivity contribution in [2.45, 2.75) is 56.9 Å². The molecule has 1 N–H and O–H groups in total. The van der Waals surface area contributed by atoms with E-state index in [0.29, 0.717) is 5.75 Å². The van der Waals surface area contributed by atoms with E-state index in [-0.39, 0.29) is 17.9 Å². The topological polar surface area (TPSA) is 23.5 Å². The van der Waals surface area contributed by atoms with Crippen LogP contribution in [-0.4, -0.2) is 23.1 Å². The predicted octanol–water partition coefficient (Wildman–Crippen LogP) is 4.46. The standard InChI is InChI=1S/C17H25NO.ClH/c19-16-9-7-15(8-10-16)17(11-3-1-4-12-17)18-13-5-2-6-14-18;/h7-10,19H,1-6,11-14H2;1H. The van der Waals surface area contributed by atoms with Crippen LogP contribution in [0.15, 0.2) is 24.3 Å². The van der Waals surface area contributed by atoms with Crippen molar-refractivity contribution in [1.82, 2.24) is 4.90 Å². The fraction of sp³-hybridized carbons (Fsp3) is 0.647. The highest BCUT2D eigenvalue weighted by molar-refractivity contribution is 5.85. The largest absolute Gasteiger partial charge is 0.508 e. The van der Waals surface area contributed by atoms with Crippen LogP contribution >= 0.6 is 12.4 Å².